The number of rotatable bonds is 4. The molecule has 1 saturated heterocycles. The number of likely N-dealkylation sites (N-methyl/N-ethyl adjacent to an activating group) is 1. The summed E-state index contributed by atoms with van der Waals surface area (Å²) in [4.78, 5) is 14.9. The number of hydrogen-bond acceptors (Lipinski definition) is 7. The van der Waals surface area contributed by atoms with Crippen molar-refractivity contribution in [2.45, 2.75) is 18.4 Å². The van der Waals surface area contributed by atoms with Crippen molar-refractivity contribution < 1.29 is 19.7 Å². The molecular weight excluding hydrogens is 408 g/mol. The van der Waals surface area contributed by atoms with E-state index in [1.807, 2.05) is 11.9 Å². The van der Waals surface area contributed by atoms with Crippen molar-refractivity contribution in [3.05, 3.63) is 51.1 Å². The summed E-state index contributed by atoms with van der Waals surface area (Å²) < 4.78 is 6.11. The van der Waals surface area contributed by atoms with E-state index in [9.17, 15) is 20.1 Å². The highest BCUT2D eigenvalue weighted by Crippen LogP contribution is 2.44. The molecule has 1 fully saturated rings. The molecule has 0 amide bonds. The predicted octanol–water partition coefficient (Wildman–Crippen LogP) is 3.35. The summed E-state index contributed by atoms with van der Waals surface area (Å²) in [5.41, 5.74) is 1.38. The van der Waals surface area contributed by atoms with Crippen LogP contribution < -0.4 is 10.7 Å². The summed E-state index contributed by atoms with van der Waals surface area (Å²) in [5, 5.41) is 34.3. The lowest BCUT2D eigenvalue weighted by atomic mass is 9.89. The van der Waals surface area contributed by atoms with Gasteiger partial charge in [-0.3, -0.25) is 4.79 Å². The molecule has 0 aliphatic carbocycles. The summed E-state index contributed by atoms with van der Waals surface area (Å²) in [5.74, 6) is -0.559. The van der Waals surface area contributed by atoms with Crippen LogP contribution in [0.4, 0.5) is 5.69 Å². The second-order valence-electron chi connectivity index (χ2n) is 7.58. The molecule has 2 atom stereocenters. The van der Waals surface area contributed by atoms with Crippen molar-refractivity contribution in [3.8, 4) is 22.8 Å². The topological polar surface area (TPSA) is 106 Å². The summed E-state index contributed by atoms with van der Waals surface area (Å²) in [7, 11) is 3.66. The molecule has 4 N–H and O–H groups in total. The molecule has 8 heteroatoms. The van der Waals surface area contributed by atoms with Crippen molar-refractivity contribution in [1.29, 1.82) is 0 Å². The summed E-state index contributed by atoms with van der Waals surface area (Å²) in [6, 6.07) is 7.46. The van der Waals surface area contributed by atoms with E-state index in [1.54, 1.807) is 25.2 Å². The van der Waals surface area contributed by atoms with Crippen LogP contribution in [-0.4, -0.2) is 53.5 Å². The maximum atomic E-state index is 12.9. The third kappa shape index (κ3) is 3.29. The van der Waals surface area contributed by atoms with Gasteiger partial charge in [0.05, 0.1) is 11.6 Å². The fraction of sp³-hybridized carbons (Fsp3) is 0.318. The number of halogens is 1. The molecule has 2 aromatic carbocycles. The zero-order valence-electron chi connectivity index (χ0n) is 16.6. The van der Waals surface area contributed by atoms with Crippen molar-refractivity contribution in [3.63, 3.8) is 0 Å². The number of anilines is 1. The van der Waals surface area contributed by atoms with Crippen LogP contribution in [0.5, 0.6) is 11.5 Å². The van der Waals surface area contributed by atoms with Gasteiger partial charge in [-0.05, 0) is 38.2 Å². The summed E-state index contributed by atoms with van der Waals surface area (Å²) in [6.45, 7) is 0.612. The van der Waals surface area contributed by atoms with Crippen LogP contribution in [0.25, 0.3) is 22.3 Å². The second-order valence-corrected chi connectivity index (χ2v) is 7.99. The lowest BCUT2D eigenvalue weighted by molar-refractivity contribution is 0.172. The Morgan fingerprint density at radius 3 is 2.70 bits per heavy atom. The highest BCUT2D eigenvalue weighted by Gasteiger charge is 2.36. The van der Waals surface area contributed by atoms with Gasteiger partial charge in [0, 0.05) is 48.0 Å². The molecule has 7 nitrogen and oxygen atoms in total. The maximum absolute atomic E-state index is 12.9. The number of hydrogen-bond donors (Lipinski definition) is 4. The van der Waals surface area contributed by atoms with E-state index >= 15 is 0 Å². The Hall–Kier alpha value is -2.74. The summed E-state index contributed by atoms with van der Waals surface area (Å²) >= 11 is 6.36. The quantitative estimate of drug-likeness (QED) is 0.503. The first-order valence-corrected chi connectivity index (χ1v) is 10.0. The highest BCUT2D eigenvalue weighted by atomic mass is 35.5. The first-order chi connectivity index (χ1) is 14.3. The number of aliphatic hydroxyl groups is 1. The number of aliphatic hydroxyl groups excluding tert-OH is 1. The number of nitrogens with zero attached hydrogens (tertiary/aromatic N) is 1. The standard InChI is InChI=1S/C22H23ClN2O5/c1-24-11-3-4-14(23)13(7-11)19-9-18(29)21-17(28)8-16(27)20(22(21)30-19)12-5-6-25(2)15(12)10-26/h3-4,7-9,12,15,24,26-28H,5-6,10H2,1-2H3/t12-,15+/m1/s1. The first-order valence-electron chi connectivity index (χ1n) is 9.67. The molecule has 0 radical (unpaired) electrons. The Morgan fingerprint density at radius 1 is 1.23 bits per heavy atom. The Kier molecular flexibility index (Phi) is 5.36. The molecule has 4 rings (SSSR count). The minimum absolute atomic E-state index is 0.00122. The van der Waals surface area contributed by atoms with Gasteiger partial charge in [-0.15, -0.1) is 0 Å². The van der Waals surface area contributed by atoms with E-state index in [0.29, 0.717) is 22.6 Å². The van der Waals surface area contributed by atoms with Crippen LogP contribution in [0.3, 0.4) is 0 Å². The number of likely N-dealkylation sites (tertiary alicyclic amines) is 1. The molecule has 158 valence electrons. The van der Waals surface area contributed by atoms with Gasteiger partial charge in [-0.25, -0.2) is 0 Å². The predicted molar refractivity (Wildman–Crippen MR) is 117 cm³/mol. The molecule has 0 spiro atoms. The van der Waals surface area contributed by atoms with Crippen LogP contribution in [0, 0.1) is 0 Å². The van der Waals surface area contributed by atoms with Gasteiger partial charge in [-0.1, -0.05) is 11.6 Å². The second kappa shape index (κ2) is 7.83. The van der Waals surface area contributed by atoms with Crippen LogP contribution in [0.1, 0.15) is 17.9 Å². The van der Waals surface area contributed by atoms with E-state index in [4.69, 9.17) is 16.0 Å². The Labute approximate surface area is 178 Å². The summed E-state index contributed by atoms with van der Waals surface area (Å²) in [6.07, 6.45) is 0.666. The van der Waals surface area contributed by atoms with Crippen molar-refractivity contribution in [1.82, 2.24) is 4.90 Å². The number of fused-ring (bicyclic) bond motifs is 1. The number of aromatic hydroxyl groups is 2. The largest absolute Gasteiger partial charge is 0.507 e. The van der Waals surface area contributed by atoms with E-state index in [2.05, 4.69) is 5.32 Å². The third-order valence-corrected chi connectivity index (χ3v) is 6.23. The van der Waals surface area contributed by atoms with Gasteiger partial charge in [0.1, 0.15) is 28.2 Å². The molecule has 3 aromatic rings. The molecule has 1 aromatic heterocycles. The van der Waals surface area contributed by atoms with Gasteiger partial charge in [0.2, 0.25) is 0 Å². The molecule has 1 aliphatic heterocycles. The van der Waals surface area contributed by atoms with Crippen LogP contribution in [-0.2, 0) is 0 Å². The molecule has 1 aliphatic rings. The average Bonchev–Trinajstić information content (AvgIpc) is 3.07. The maximum Gasteiger partial charge on any atom is 0.197 e. The van der Waals surface area contributed by atoms with Gasteiger partial charge < -0.3 is 30.0 Å². The van der Waals surface area contributed by atoms with Crippen LogP contribution in [0.15, 0.2) is 39.5 Å². The highest BCUT2D eigenvalue weighted by molar-refractivity contribution is 6.33. The molecule has 0 unspecified atom stereocenters. The third-order valence-electron chi connectivity index (χ3n) is 5.90. The Balaban J connectivity index is 2.01. The van der Waals surface area contributed by atoms with E-state index < -0.39 is 5.43 Å². The van der Waals surface area contributed by atoms with Gasteiger partial charge in [0.15, 0.2) is 5.43 Å². The lowest BCUT2D eigenvalue weighted by Gasteiger charge is -2.24. The van der Waals surface area contributed by atoms with E-state index in [-0.39, 0.29) is 46.8 Å². The normalized spacial score (nSPS) is 19.5. The van der Waals surface area contributed by atoms with Gasteiger partial charge in [-0.2, -0.15) is 0 Å². The lowest BCUT2D eigenvalue weighted by Crippen LogP contribution is -2.32. The molecule has 30 heavy (non-hydrogen) atoms. The zero-order valence-corrected chi connectivity index (χ0v) is 17.4. The minimum atomic E-state index is -0.442. The number of benzene rings is 2. The Morgan fingerprint density at radius 2 is 2.00 bits per heavy atom. The fourth-order valence-electron chi connectivity index (χ4n) is 4.29. The van der Waals surface area contributed by atoms with E-state index in [0.717, 1.165) is 18.3 Å². The molecule has 0 saturated carbocycles. The van der Waals surface area contributed by atoms with Crippen LogP contribution >= 0.6 is 11.6 Å². The van der Waals surface area contributed by atoms with Crippen molar-refractivity contribution in [2.24, 2.45) is 0 Å². The van der Waals surface area contributed by atoms with Crippen LogP contribution in [0.2, 0.25) is 5.02 Å². The smallest absolute Gasteiger partial charge is 0.197 e. The Bertz CT molecular complexity index is 1180. The SMILES string of the molecule is CNc1ccc(Cl)c(-c2cc(=O)c3c(O)cc(O)c([C@@H]4CCN(C)[C@H]4CO)c3o2)c1. The number of phenolic OH excluding ortho intramolecular Hbond substituents is 2. The molecule has 2 heterocycles. The van der Waals surface area contributed by atoms with Gasteiger partial charge in [0.25, 0.3) is 0 Å². The zero-order chi connectivity index (χ0) is 21.6. The number of nitrogens with one attached hydrogen (secondary N) is 1. The first kappa shape index (κ1) is 20.5. The fourth-order valence-corrected chi connectivity index (χ4v) is 4.50. The minimum Gasteiger partial charge on any atom is -0.507 e. The van der Waals surface area contributed by atoms with Crippen molar-refractivity contribution >= 4 is 28.3 Å². The number of phenols is 2. The van der Waals surface area contributed by atoms with E-state index in [1.165, 1.54) is 6.07 Å². The molecule has 0 bridgehead atoms. The average molecular weight is 431 g/mol. The monoisotopic (exact) mass is 430 g/mol. The van der Waals surface area contributed by atoms with Crippen molar-refractivity contribution in [2.75, 3.05) is 32.6 Å². The van der Waals surface area contributed by atoms with Gasteiger partial charge >= 0.3 is 0 Å². The molecular formula is C22H23ClN2O5.